The van der Waals surface area contributed by atoms with Crippen LogP contribution < -0.4 is 24.8 Å². The molecular weight excluding hydrogens is 607 g/mol. The minimum absolute atomic E-state index is 0. The third kappa shape index (κ3) is 6.48. The molecule has 3 heteroatoms. The summed E-state index contributed by atoms with van der Waals surface area (Å²) in [6.07, 6.45) is 18.5. The van der Waals surface area contributed by atoms with Gasteiger partial charge < -0.3 is 24.8 Å². The van der Waals surface area contributed by atoms with Crippen molar-refractivity contribution in [3.63, 3.8) is 0 Å². The molecule has 8 rings (SSSR count). The number of hydrogen-bond donors (Lipinski definition) is 0. The topological polar surface area (TPSA) is 0 Å². The standard InChI is InChI=1S/C21H25.C16H21.2ClH.Zr/c1-20(2,3)16-9-7-14-11-15-8-10-17(21(4,5)6)13-19(15)18(14)12-16;1-11-2-3-15(4-11)16-8-12-5-13(9-16)7-14(6-12)10-16;;;/h7,9-10,12-13H,11H2,1-6H3;3-4,11-14H,5-10H2,1H3;2*1H;/q2*-1;;;+4/p-2. The molecule has 2 aromatic carbocycles. The van der Waals surface area contributed by atoms with Gasteiger partial charge in [-0.2, -0.15) is 41.0 Å². The van der Waals surface area contributed by atoms with Crippen molar-refractivity contribution in [2.24, 2.45) is 29.1 Å². The largest absolute Gasteiger partial charge is 4.00 e. The van der Waals surface area contributed by atoms with Crippen molar-refractivity contribution in [1.29, 1.82) is 0 Å². The monoisotopic (exact) mass is 650 g/mol. The first kappa shape index (κ1) is 33.9. The van der Waals surface area contributed by atoms with Crippen LogP contribution in [0.2, 0.25) is 0 Å². The summed E-state index contributed by atoms with van der Waals surface area (Å²) >= 11 is 0. The smallest absolute Gasteiger partial charge is 1.00 e. The van der Waals surface area contributed by atoms with Crippen molar-refractivity contribution in [3.8, 4) is 11.1 Å². The maximum Gasteiger partial charge on any atom is 4.00 e. The second kappa shape index (κ2) is 12.2. The Bertz CT molecular complexity index is 1170. The van der Waals surface area contributed by atoms with Gasteiger partial charge in [-0.05, 0) is 54.4 Å². The minimum atomic E-state index is 0. The molecule has 0 amide bonds. The fraction of sp³-hybridized carbons (Fsp3) is 0.568. The summed E-state index contributed by atoms with van der Waals surface area (Å²) in [6.45, 7) is 15.9. The van der Waals surface area contributed by atoms with Crippen molar-refractivity contribution >= 4 is 0 Å². The van der Waals surface area contributed by atoms with Crippen LogP contribution in [-0.2, 0) is 43.5 Å². The van der Waals surface area contributed by atoms with E-state index in [0.29, 0.717) is 11.3 Å². The maximum absolute atomic E-state index is 3.53. The zero-order valence-electron chi connectivity index (χ0n) is 25.6. The molecular formula is C37H46Cl2Zr. The Labute approximate surface area is 276 Å². The van der Waals surface area contributed by atoms with Gasteiger partial charge in [0, 0.05) is 0 Å². The summed E-state index contributed by atoms with van der Waals surface area (Å²) in [4.78, 5) is 0. The molecule has 0 aliphatic heterocycles. The third-order valence-corrected chi connectivity index (χ3v) is 10.1. The molecule has 0 radical (unpaired) electrons. The van der Waals surface area contributed by atoms with E-state index in [9.17, 15) is 0 Å². The van der Waals surface area contributed by atoms with Gasteiger partial charge in [0.1, 0.15) is 0 Å². The van der Waals surface area contributed by atoms with E-state index in [-0.39, 0.29) is 61.8 Å². The number of halogens is 2. The molecule has 6 aliphatic carbocycles. The summed E-state index contributed by atoms with van der Waals surface area (Å²) in [5, 5.41) is 0. The molecule has 0 heterocycles. The zero-order valence-corrected chi connectivity index (χ0v) is 29.5. The average Bonchev–Trinajstić information content (AvgIpc) is 3.40. The van der Waals surface area contributed by atoms with E-state index in [0.717, 1.165) is 24.2 Å². The molecule has 0 N–H and O–H groups in total. The van der Waals surface area contributed by atoms with Gasteiger partial charge in [-0.3, -0.25) is 6.08 Å². The molecule has 4 bridgehead atoms. The van der Waals surface area contributed by atoms with Gasteiger partial charge in [0.05, 0.1) is 0 Å². The Morgan fingerprint density at radius 1 is 0.775 bits per heavy atom. The normalized spacial score (nSPS) is 28.7. The summed E-state index contributed by atoms with van der Waals surface area (Å²) in [5.41, 5.74) is 11.0. The maximum atomic E-state index is 3.53. The van der Waals surface area contributed by atoms with Crippen LogP contribution in [0.1, 0.15) is 109 Å². The Morgan fingerprint density at radius 3 is 1.82 bits per heavy atom. The van der Waals surface area contributed by atoms with E-state index in [1.807, 2.05) is 0 Å². The molecule has 0 nitrogen and oxygen atoms in total. The van der Waals surface area contributed by atoms with Crippen molar-refractivity contribution < 1.29 is 51.0 Å². The van der Waals surface area contributed by atoms with Crippen molar-refractivity contribution in [1.82, 2.24) is 0 Å². The van der Waals surface area contributed by atoms with Gasteiger partial charge in [-0.1, -0.05) is 114 Å². The number of fused-ring (bicyclic) bond motifs is 3. The van der Waals surface area contributed by atoms with Crippen LogP contribution in [0.3, 0.4) is 0 Å². The van der Waals surface area contributed by atoms with Gasteiger partial charge in [-0.15, -0.1) is 5.56 Å². The first-order valence-corrected chi connectivity index (χ1v) is 14.9. The Morgan fingerprint density at radius 2 is 1.32 bits per heavy atom. The molecule has 4 saturated carbocycles. The van der Waals surface area contributed by atoms with Crippen LogP contribution in [0.15, 0.2) is 48.1 Å². The van der Waals surface area contributed by atoms with Crippen molar-refractivity contribution in [3.05, 3.63) is 82.5 Å². The molecule has 1 unspecified atom stereocenters. The van der Waals surface area contributed by atoms with E-state index in [4.69, 9.17) is 0 Å². The average molecular weight is 653 g/mol. The predicted octanol–water partition coefficient (Wildman–Crippen LogP) is 3.80. The number of benzene rings is 2. The molecule has 0 spiro atoms. The van der Waals surface area contributed by atoms with Gasteiger partial charge in [0.25, 0.3) is 0 Å². The number of hydrogen-bond acceptors (Lipinski definition) is 0. The molecule has 4 fully saturated rings. The van der Waals surface area contributed by atoms with Crippen LogP contribution in [0.4, 0.5) is 0 Å². The van der Waals surface area contributed by atoms with Gasteiger partial charge in [0.15, 0.2) is 0 Å². The molecule has 0 saturated heterocycles. The Kier molecular flexibility index (Phi) is 10.3. The van der Waals surface area contributed by atoms with Crippen molar-refractivity contribution in [2.45, 2.75) is 104 Å². The van der Waals surface area contributed by atoms with Crippen molar-refractivity contribution in [2.75, 3.05) is 0 Å². The Balaban J connectivity index is 0.000000210. The fourth-order valence-corrected chi connectivity index (χ4v) is 8.37. The van der Waals surface area contributed by atoms with Crippen LogP contribution in [-0.4, -0.2) is 0 Å². The molecule has 2 aromatic rings. The number of allylic oxidation sites excluding steroid dienone is 4. The minimum Gasteiger partial charge on any atom is -1.00 e. The Hall–Kier alpha value is -0.617. The van der Waals surface area contributed by atoms with E-state index < -0.39 is 0 Å². The second-order valence-electron chi connectivity index (χ2n) is 15.2. The molecule has 0 aromatic heterocycles. The van der Waals surface area contributed by atoms with E-state index >= 15 is 0 Å². The van der Waals surface area contributed by atoms with E-state index in [1.54, 1.807) is 24.8 Å². The molecule has 212 valence electrons. The first-order chi connectivity index (χ1) is 17.4. The summed E-state index contributed by atoms with van der Waals surface area (Å²) in [6, 6.07) is 15.1. The van der Waals surface area contributed by atoms with Crippen LogP contribution in [0.25, 0.3) is 11.1 Å². The van der Waals surface area contributed by atoms with Gasteiger partial charge in [-0.25, -0.2) is 6.08 Å². The fourth-order valence-electron chi connectivity index (χ4n) is 8.37. The van der Waals surface area contributed by atoms with E-state index in [1.165, 1.54) is 52.6 Å². The zero-order chi connectivity index (χ0) is 26.2. The van der Waals surface area contributed by atoms with Crippen LogP contribution in [0, 0.1) is 41.2 Å². The van der Waals surface area contributed by atoms with Gasteiger partial charge >= 0.3 is 26.2 Å². The molecule has 40 heavy (non-hydrogen) atoms. The van der Waals surface area contributed by atoms with E-state index in [2.05, 4.69) is 103 Å². The first-order valence-electron chi connectivity index (χ1n) is 14.9. The predicted molar refractivity (Wildman–Crippen MR) is 157 cm³/mol. The molecule has 6 aliphatic rings. The number of rotatable bonds is 1. The quantitative estimate of drug-likeness (QED) is 0.351. The SMILES string of the molecule is CC(C)(C)c1c[c-]c2c(c1)-c1cc(C(C)(C)C)ccc1C2.CC1[C-]=CC(C23CC4CC(CC(C4)C2)C3)=C1.[Cl-].[Cl-].[Zr+4]. The van der Waals surface area contributed by atoms with Gasteiger partial charge in [0.2, 0.25) is 0 Å². The third-order valence-electron chi connectivity index (χ3n) is 10.1. The second-order valence-corrected chi connectivity index (χ2v) is 15.2. The summed E-state index contributed by atoms with van der Waals surface area (Å²) in [7, 11) is 0. The van der Waals surface area contributed by atoms with Crippen LogP contribution in [0.5, 0.6) is 0 Å². The summed E-state index contributed by atoms with van der Waals surface area (Å²) < 4.78 is 0. The summed E-state index contributed by atoms with van der Waals surface area (Å²) in [5.74, 6) is 3.77. The van der Waals surface area contributed by atoms with Crippen LogP contribution >= 0.6 is 0 Å². The molecule has 1 atom stereocenters.